The number of carbonyl (C=O) groups excluding carboxylic acids is 2. The van der Waals surface area contributed by atoms with Crippen LogP contribution in [-0.4, -0.2) is 35.0 Å². The molecule has 2 amide bonds. The van der Waals surface area contributed by atoms with Gasteiger partial charge in [0.05, 0.1) is 0 Å². The van der Waals surface area contributed by atoms with E-state index >= 15 is 0 Å². The molecule has 0 fully saturated rings. The zero-order valence-electron chi connectivity index (χ0n) is 12.6. The second-order valence-electron chi connectivity index (χ2n) is 5.51. The van der Waals surface area contributed by atoms with Gasteiger partial charge in [0.25, 0.3) is 11.8 Å². The molecule has 0 radical (unpaired) electrons. The number of nitrogens with one attached hydrogen (secondary N) is 1. The van der Waals surface area contributed by atoms with Crippen molar-refractivity contribution in [2.24, 2.45) is 5.73 Å². The molecule has 1 rings (SSSR count). The van der Waals surface area contributed by atoms with Crippen molar-refractivity contribution in [3.63, 3.8) is 0 Å². The van der Waals surface area contributed by atoms with Crippen molar-refractivity contribution in [1.29, 1.82) is 0 Å². The van der Waals surface area contributed by atoms with Crippen LogP contribution in [0.2, 0.25) is 0 Å². The van der Waals surface area contributed by atoms with Crippen molar-refractivity contribution in [1.82, 2.24) is 5.32 Å². The molecule has 4 N–H and O–H groups in total. The van der Waals surface area contributed by atoms with Crippen LogP contribution < -0.4 is 15.8 Å². The number of carbonyl (C=O) groups is 3. The molecule has 0 aliphatic carbocycles. The molecule has 22 heavy (non-hydrogen) atoms. The summed E-state index contributed by atoms with van der Waals surface area (Å²) in [4.78, 5) is 33.3. The van der Waals surface area contributed by atoms with Gasteiger partial charge < -0.3 is 20.9 Å². The van der Waals surface area contributed by atoms with Crippen molar-refractivity contribution in [2.45, 2.75) is 32.2 Å². The second-order valence-corrected chi connectivity index (χ2v) is 5.51. The summed E-state index contributed by atoms with van der Waals surface area (Å²) in [6, 6.07) is 6.22. The summed E-state index contributed by atoms with van der Waals surface area (Å²) in [5.41, 5.74) is 4.75. The van der Waals surface area contributed by atoms with E-state index in [9.17, 15) is 14.4 Å². The van der Waals surface area contributed by atoms with Crippen molar-refractivity contribution >= 4 is 17.8 Å². The van der Waals surface area contributed by atoms with E-state index in [-0.39, 0.29) is 18.9 Å². The number of primary amides is 1. The molecule has 0 unspecified atom stereocenters. The lowest BCUT2D eigenvalue weighted by Crippen LogP contribution is -2.43. The molecule has 0 atom stereocenters. The summed E-state index contributed by atoms with van der Waals surface area (Å²) >= 11 is 0. The number of amides is 2. The van der Waals surface area contributed by atoms with Gasteiger partial charge in [0.2, 0.25) is 0 Å². The van der Waals surface area contributed by atoms with Crippen LogP contribution in [0.1, 0.15) is 37.0 Å². The van der Waals surface area contributed by atoms with E-state index in [1.807, 2.05) is 0 Å². The number of nitrogens with two attached hydrogens (primary N) is 1. The van der Waals surface area contributed by atoms with Gasteiger partial charge in [-0.1, -0.05) is 0 Å². The Morgan fingerprint density at radius 3 is 2.32 bits per heavy atom. The van der Waals surface area contributed by atoms with Gasteiger partial charge >= 0.3 is 5.97 Å². The monoisotopic (exact) mass is 308 g/mol. The van der Waals surface area contributed by atoms with E-state index in [0.29, 0.717) is 17.7 Å². The Labute approximate surface area is 128 Å². The van der Waals surface area contributed by atoms with Crippen LogP contribution in [0.4, 0.5) is 0 Å². The van der Waals surface area contributed by atoms with E-state index in [0.717, 1.165) is 0 Å². The fraction of sp³-hybridized carbons (Fsp3) is 0.400. The molecule has 0 heterocycles. The number of carboxylic acid groups (broad SMARTS) is 1. The van der Waals surface area contributed by atoms with Crippen LogP contribution in [-0.2, 0) is 9.59 Å². The highest BCUT2D eigenvalue weighted by Crippen LogP contribution is 2.15. The number of ether oxygens (including phenoxy) is 1. The summed E-state index contributed by atoms with van der Waals surface area (Å²) in [7, 11) is 0. The molecule has 1 aromatic rings. The third kappa shape index (κ3) is 6.25. The van der Waals surface area contributed by atoms with E-state index in [1.165, 1.54) is 0 Å². The Balaban J connectivity index is 2.61. The zero-order valence-corrected chi connectivity index (χ0v) is 12.6. The number of benzene rings is 1. The van der Waals surface area contributed by atoms with Crippen molar-refractivity contribution < 1.29 is 24.2 Å². The molecule has 0 bridgehead atoms. The van der Waals surface area contributed by atoms with Crippen LogP contribution in [0.5, 0.6) is 5.75 Å². The maximum Gasteiger partial charge on any atom is 0.303 e. The summed E-state index contributed by atoms with van der Waals surface area (Å²) in [6.07, 6.45) is 0.307. The van der Waals surface area contributed by atoms with Gasteiger partial charge in [-0.2, -0.15) is 0 Å². The Bertz CT molecular complexity index is 552. The fourth-order valence-corrected chi connectivity index (χ4v) is 1.72. The molecule has 0 spiro atoms. The Morgan fingerprint density at radius 1 is 1.23 bits per heavy atom. The largest absolute Gasteiger partial charge is 0.484 e. The topological polar surface area (TPSA) is 119 Å². The summed E-state index contributed by atoms with van der Waals surface area (Å²) < 4.78 is 5.10. The molecule has 7 heteroatoms. The molecule has 0 saturated heterocycles. The Hall–Kier alpha value is -2.57. The third-order valence-corrected chi connectivity index (χ3v) is 2.91. The first-order chi connectivity index (χ1) is 10.2. The second kappa shape index (κ2) is 7.44. The first-order valence-electron chi connectivity index (χ1n) is 6.75. The minimum Gasteiger partial charge on any atom is -0.484 e. The first kappa shape index (κ1) is 17.5. The summed E-state index contributed by atoms with van der Waals surface area (Å²) in [5, 5.41) is 11.5. The van der Waals surface area contributed by atoms with Gasteiger partial charge in [-0.25, -0.2) is 0 Å². The highest BCUT2D eigenvalue weighted by atomic mass is 16.5. The number of rotatable bonds is 8. The van der Waals surface area contributed by atoms with Crippen LogP contribution >= 0.6 is 0 Å². The SMILES string of the molecule is CC(C)(CCC(=O)O)NC(=O)c1ccc(OCC(N)=O)cc1. The average Bonchev–Trinajstić information content (AvgIpc) is 2.43. The van der Waals surface area contributed by atoms with Crippen LogP contribution in [0, 0.1) is 0 Å². The number of hydrogen-bond acceptors (Lipinski definition) is 4. The lowest BCUT2D eigenvalue weighted by atomic mass is 9.98. The Morgan fingerprint density at radius 2 is 1.82 bits per heavy atom. The highest BCUT2D eigenvalue weighted by Gasteiger charge is 2.22. The van der Waals surface area contributed by atoms with Crippen molar-refractivity contribution in [3.8, 4) is 5.75 Å². The predicted octanol–water partition coefficient (Wildman–Crippen LogP) is 0.924. The normalized spacial score (nSPS) is 10.8. The summed E-state index contributed by atoms with van der Waals surface area (Å²) in [6.45, 7) is 3.30. The van der Waals surface area contributed by atoms with E-state index in [4.69, 9.17) is 15.6 Å². The smallest absolute Gasteiger partial charge is 0.303 e. The molecule has 0 aliphatic rings. The van der Waals surface area contributed by atoms with Gasteiger partial charge in [0, 0.05) is 17.5 Å². The number of carboxylic acids is 1. The molecule has 0 saturated carbocycles. The fourth-order valence-electron chi connectivity index (χ4n) is 1.72. The molecule has 7 nitrogen and oxygen atoms in total. The first-order valence-corrected chi connectivity index (χ1v) is 6.75. The molecule has 1 aromatic carbocycles. The lowest BCUT2D eigenvalue weighted by molar-refractivity contribution is -0.137. The zero-order chi connectivity index (χ0) is 16.8. The molecule has 0 aromatic heterocycles. The maximum atomic E-state index is 12.1. The molecule has 0 aliphatic heterocycles. The molecule has 120 valence electrons. The van der Waals surface area contributed by atoms with Gasteiger partial charge in [-0.3, -0.25) is 14.4 Å². The van der Waals surface area contributed by atoms with E-state index < -0.39 is 17.4 Å². The van der Waals surface area contributed by atoms with Gasteiger partial charge in [-0.15, -0.1) is 0 Å². The van der Waals surface area contributed by atoms with Gasteiger partial charge in [0.1, 0.15) is 5.75 Å². The quantitative estimate of drug-likeness (QED) is 0.660. The third-order valence-electron chi connectivity index (χ3n) is 2.91. The average molecular weight is 308 g/mol. The molecular formula is C15H20N2O5. The maximum absolute atomic E-state index is 12.1. The minimum absolute atomic E-state index is 0.0207. The van der Waals surface area contributed by atoms with E-state index in [1.54, 1.807) is 38.1 Å². The predicted molar refractivity (Wildman–Crippen MR) is 79.5 cm³/mol. The van der Waals surface area contributed by atoms with Crippen LogP contribution in [0.3, 0.4) is 0 Å². The Kier molecular flexibility index (Phi) is 5.91. The highest BCUT2D eigenvalue weighted by molar-refractivity contribution is 5.94. The minimum atomic E-state index is -0.904. The number of aliphatic carboxylic acids is 1. The lowest BCUT2D eigenvalue weighted by Gasteiger charge is -2.25. The summed E-state index contributed by atoms with van der Waals surface area (Å²) in [5.74, 6) is -1.36. The van der Waals surface area contributed by atoms with Crippen molar-refractivity contribution in [3.05, 3.63) is 29.8 Å². The van der Waals surface area contributed by atoms with Gasteiger partial charge in [0.15, 0.2) is 6.61 Å². The van der Waals surface area contributed by atoms with Crippen molar-refractivity contribution in [2.75, 3.05) is 6.61 Å². The standard InChI is InChI=1S/C15H20N2O5/c1-15(2,8-7-13(19)20)17-14(21)10-3-5-11(6-4-10)22-9-12(16)18/h3-6H,7-9H2,1-2H3,(H2,16,18)(H,17,21)(H,19,20). The number of hydrogen-bond donors (Lipinski definition) is 3. The van der Waals surface area contributed by atoms with E-state index in [2.05, 4.69) is 5.32 Å². The molecular weight excluding hydrogens is 288 g/mol. The van der Waals surface area contributed by atoms with Crippen LogP contribution in [0.15, 0.2) is 24.3 Å². The van der Waals surface area contributed by atoms with Gasteiger partial charge in [-0.05, 0) is 44.5 Å². The van der Waals surface area contributed by atoms with Crippen LogP contribution in [0.25, 0.3) is 0 Å².